The molecular formula is C28H23NO4. The number of ether oxygens (including phenoxy) is 1. The van der Waals surface area contributed by atoms with Gasteiger partial charge in [-0.2, -0.15) is 0 Å². The molecule has 4 aromatic carbocycles. The van der Waals surface area contributed by atoms with Gasteiger partial charge >= 0.3 is 5.97 Å². The molecule has 1 amide bonds. The van der Waals surface area contributed by atoms with E-state index in [4.69, 9.17) is 10.5 Å². The number of aliphatic hydroxyl groups excluding tert-OH is 1. The number of carbonyl (C=O) groups excluding carboxylic acids is 2. The van der Waals surface area contributed by atoms with Crippen molar-refractivity contribution in [2.45, 2.75) is 13.2 Å². The number of aliphatic hydroxyl groups is 1. The van der Waals surface area contributed by atoms with Gasteiger partial charge in [0.15, 0.2) is 0 Å². The molecule has 3 N–H and O–H groups in total. The summed E-state index contributed by atoms with van der Waals surface area (Å²) in [5, 5.41) is 9.25. The number of hydrogen-bond donors (Lipinski definition) is 2. The summed E-state index contributed by atoms with van der Waals surface area (Å²) in [6.45, 7) is 0.0885. The molecule has 0 aliphatic heterocycles. The van der Waals surface area contributed by atoms with Gasteiger partial charge in [-0.15, -0.1) is 0 Å². The molecule has 0 fully saturated rings. The highest BCUT2D eigenvalue weighted by atomic mass is 16.5. The third-order valence-corrected chi connectivity index (χ3v) is 5.42. The Hall–Kier alpha value is -4.22. The predicted molar refractivity (Wildman–Crippen MR) is 127 cm³/mol. The van der Waals surface area contributed by atoms with E-state index in [9.17, 15) is 14.7 Å². The van der Waals surface area contributed by atoms with Crippen LogP contribution >= 0.6 is 0 Å². The zero-order valence-electron chi connectivity index (χ0n) is 17.9. The Labute approximate surface area is 192 Å². The molecule has 0 atom stereocenters. The SMILES string of the molecule is NC(=O)c1ccccc1-c1ccc(COC(=O)c2ccccc2-c2ccc(CO)cc2)cc1. The van der Waals surface area contributed by atoms with Crippen molar-refractivity contribution < 1.29 is 19.4 Å². The fourth-order valence-corrected chi connectivity index (χ4v) is 3.66. The molecule has 0 aliphatic rings. The highest BCUT2D eigenvalue weighted by Gasteiger charge is 2.14. The van der Waals surface area contributed by atoms with Gasteiger partial charge in [0.2, 0.25) is 5.91 Å². The lowest BCUT2D eigenvalue weighted by atomic mass is 9.98. The standard InChI is InChI=1S/C28H23NO4/c29-27(31)25-7-3-1-5-23(25)21-15-11-20(12-16-21)18-33-28(32)26-8-4-2-6-24(26)22-13-9-19(17-30)10-14-22/h1-16,30H,17-18H2,(H2,29,31). The zero-order chi connectivity index (χ0) is 23.2. The summed E-state index contributed by atoms with van der Waals surface area (Å²) in [7, 11) is 0. The number of amides is 1. The highest BCUT2D eigenvalue weighted by Crippen LogP contribution is 2.26. The minimum absolute atomic E-state index is 0.0309. The molecule has 4 rings (SSSR count). The van der Waals surface area contributed by atoms with Gasteiger partial charge in [-0.1, -0.05) is 84.9 Å². The number of benzene rings is 4. The van der Waals surface area contributed by atoms with Gasteiger partial charge in [-0.25, -0.2) is 4.79 Å². The number of carbonyl (C=O) groups is 2. The fraction of sp³-hybridized carbons (Fsp3) is 0.0714. The molecule has 0 spiro atoms. The van der Waals surface area contributed by atoms with Crippen LogP contribution in [0.3, 0.4) is 0 Å². The Bertz CT molecular complexity index is 1280. The molecule has 0 unspecified atom stereocenters. The molecule has 0 heterocycles. The molecule has 0 radical (unpaired) electrons. The van der Waals surface area contributed by atoms with Crippen LogP contribution in [-0.2, 0) is 18.0 Å². The number of hydrogen-bond acceptors (Lipinski definition) is 4. The average molecular weight is 437 g/mol. The maximum Gasteiger partial charge on any atom is 0.339 e. The van der Waals surface area contributed by atoms with Gasteiger partial charge in [-0.3, -0.25) is 4.79 Å². The molecule has 0 saturated heterocycles. The maximum atomic E-state index is 12.8. The first kappa shape index (κ1) is 22.0. The summed E-state index contributed by atoms with van der Waals surface area (Å²) < 4.78 is 5.58. The molecule has 0 aliphatic carbocycles. The molecular weight excluding hydrogens is 414 g/mol. The first-order valence-corrected chi connectivity index (χ1v) is 10.5. The fourth-order valence-electron chi connectivity index (χ4n) is 3.66. The van der Waals surface area contributed by atoms with E-state index >= 15 is 0 Å². The Morgan fingerprint density at radius 2 is 1.15 bits per heavy atom. The predicted octanol–water partition coefficient (Wildman–Crippen LogP) is 4.97. The molecule has 5 nitrogen and oxygen atoms in total. The van der Waals surface area contributed by atoms with E-state index < -0.39 is 11.9 Å². The average Bonchev–Trinajstić information content (AvgIpc) is 2.87. The highest BCUT2D eigenvalue weighted by molar-refractivity contribution is 6.00. The normalized spacial score (nSPS) is 10.6. The summed E-state index contributed by atoms with van der Waals surface area (Å²) in [5.41, 5.74) is 11.3. The largest absolute Gasteiger partial charge is 0.457 e. The van der Waals surface area contributed by atoms with Crippen LogP contribution in [0, 0.1) is 0 Å². The molecule has 33 heavy (non-hydrogen) atoms. The van der Waals surface area contributed by atoms with Gasteiger partial charge in [0.25, 0.3) is 0 Å². The summed E-state index contributed by atoms with van der Waals surface area (Å²) in [5.74, 6) is -0.895. The number of esters is 1. The first-order valence-electron chi connectivity index (χ1n) is 10.5. The summed E-state index contributed by atoms with van der Waals surface area (Å²) in [6.07, 6.45) is 0. The number of rotatable bonds is 7. The summed E-state index contributed by atoms with van der Waals surface area (Å²) in [6, 6.07) is 29.3. The van der Waals surface area contributed by atoms with Crippen LogP contribution in [0.2, 0.25) is 0 Å². The van der Waals surface area contributed by atoms with Gasteiger partial charge < -0.3 is 15.6 Å². The Morgan fingerprint density at radius 1 is 0.667 bits per heavy atom. The number of nitrogens with two attached hydrogens (primary N) is 1. The Balaban J connectivity index is 1.48. The van der Waals surface area contributed by atoms with Crippen molar-refractivity contribution >= 4 is 11.9 Å². The Morgan fingerprint density at radius 3 is 1.70 bits per heavy atom. The van der Waals surface area contributed by atoms with Crippen molar-refractivity contribution in [1.82, 2.24) is 0 Å². The van der Waals surface area contributed by atoms with Crippen LogP contribution in [0.1, 0.15) is 31.8 Å². The lowest BCUT2D eigenvalue weighted by molar-refractivity contribution is 0.0473. The van der Waals surface area contributed by atoms with Crippen molar-refractivity contribution in [2.75, 3.05) is 0 Å². The molecule has 4 aromatic rings. The van der Waals surface area contributed by atoms with Crippen molar-refractivity contribution in [3.8, 4) is 22.3 Å². The van der Waals surface area contributed by atoms with Crippen LogP contribution in [0.4, 0.5) is 0 Å². The molecule has 164 valence electrons. The molecule has 0 aromatic heterocycles. The van der Waals surface area contributed by atoms with Gasteiger partial charge in [0.1, 0.15) is 6.61 Å². The molecule has 0 saturated carbocycles. The first-order chi connectivity index (χ1) is 16.1. The summed E-state index contributed by atoms with van der Waals surface area (Å²) in [4.78, 5) is 24.5. The second kappa shape index (κ2) is 9.94. The lowest BCUT2D eigenvalue weighted by Crippen LogP contribution is -2.12. The third kappa shape index (κ3) is 5.00. The van der Waals surface area contributed by atoms with Gasteiger partial charge in [0.05, 0.1) is 12.2 Å². The molecule has 5 heteroatoms. The van der Waals surface area contributed by atoms with E-state index in [1.54, 1.807) is 24.3 Å². The van der Waals surface area contributed by atoms with Crippen LogP contribution in [-0.4, -0.2) is 17.0 Å². The van der Waals surface area contributed by atoms with Crippen molar-refractivity contribution in [2.24, 2.45) is 5.73 Å². The number of primary amides is 1. The second-order valence-electron chi connectivity index (χ2n) is 7.58. The maximum absolute atomic E-state index is 12.8. The monoisotopic (exact) mass is 437 g/mol. The van der Waals surface area contributed by atoms with Gasteiger partial charge in [-0.05, 0) is 45.5 Å². The molecule has 0 bridgehead atoms. The minimum Gasteiger partial charge on any atom is -0.457 e. The quantitative estimate of drug-likeness (QED) is 0.400. The summed E-state index contributed by atoms with van der Waals surface area (Å²) >= 11 is 0. The van der Waals surface area contributed by atoms with Crippen molar-refractivity contribution in [1.29, 1.82) is 0 Å². The van der Waals surface area contributed by atoms with Crippen LogP contribution in [0.25, 0.3) is 22.3 Å². The van der Waals surface area contributed by atoms with Crippen molar-refractivity contribution in [3.63, 3.8) is 0 Å². The van der Waals surface area contributed by atoms with Crippen LogP contribution < -0.4 is 5.73 Å². The van der Waals surface area contributed by atoms with Crippen LogP contribution in [0.5, 0.6) is 0 Å². The minimum atomic E-state index is -0.478. The zero-order valence-corrected chi connectivity index (χ0v) is 17.9. The van der Waals surface area contributed by atoms with E-state index in [1.807, 2.05) is 72.8 Å². The third-order valence-electron chi connectivity index (χ3n) is 5.42. The second-order valence-corrected chi connectivity index (χ2v) is 7.58. The smallest absolute Gasteiger partial charge is 0.339 e. The van der Waals surface area contributed by atoms with E-state index in [0.717, 1.165) is 33.4 Å². The van der Waals surface area contributed by atoms with E-state index in [1.165, 1.54) is 0 Å². The topological polar surface area (TPSA) is 89.6 Å². The Kier molecular flexibility index (Phi) is 6.62. The van der Waals surface area contributed by atoms with Gasteiger partial charge in [0, 0.05) is 5.56 Å². The van der Waals surface area contributed by atoms with Crippen LogP contribution in [0.15, 0.2) is 97.1 Å². The van der Waals surface area contributed by atoms with E-state index in [0.29, 0.717) is 11.1 Å². The lowest BCUT2D eigenvalue weighted by Gasteiger charge is -2.11. The van der Waals surface area contributed by atoms with E-state index in [-0.39, 0.29) is 13.2 Å². The van der Waals surface area contributed by atoms with E-state index in [2.05, 4.69) is 0 Å². The van der Waals surface area contributed by atoms with Crippen molar-refractivity contribution in [3.05, 3.63) is 119 Å².